The van der Waals surface area contributed by atoms with E-state index in [1.807, 2.05) is 127 Å². The molecule has 2 heterocycles. The predicted molar refractivity (Wildman–Crippen MR) is 243 cm³/mol. The standard InChI is InChI=1S/C55H35N3O/c1-3-15-36(16-4-1)44-21-7-9-23-47(44)54-56-53(57-55(58-54)48-24-10-8-22-45(48)37-17-5-2-6-18-37)43-20-13-19-38(35-43)39-29-30-41-34-42(32-31-40(41)33-39)46-26-14-28-51-52(46)49-25-11-12-27-50(49)59-51/h1-35H/i7D,9D,21D,23D. The maximum Gasteiger partial charge on any atom is 0.164 e. The molecule has 0 saturated carbocycles. The van der Waals surface area contributed by atoms with Crippen molar-refractivity contribution in [2.45, 2.75) is 0 Å². The van der Waals surface area contributed by atoms with Crippen molar-refractivity contribution in [2.75, 3.05) is 0 Å². The van der Waals surface area contributed by atoms with Gasteiger partial charge in [-0.2, -0.15) is 0 Å². The van der Waals surface area contributed by atoms with Crippen molar-refractivity contribution in [1.82, 2.24) is 15.0 Å². The molecular formula is C55H35N3O. The molecule has 11 aromatic rings. The molecule has 0 spiro atoms. The van der Waals surface area contributed by atoms with Crippen molar-refractivity contribution in [3.8, 4) is 78.7 Å². The molecule has 0 aliphatic heterocycles. The number of benzene rings is 9. The molecule has 0 saturated heterocycles. The van der Waals surface area contributed by atoms with Gasteiger partial charge in [0.15, 0.2) is 17.5 Å². The molecule has 276 valence electrons. The third kappa shape index (κ3) is 6.34. The van der Waals surface area contributed by atoms with Gasteiger partial charge in [0.2, 0.25) is 0 Å². The summed E-state index contributed by atoms with van der Waals surface area (Å²) in [6.07, 6.45) is 0. The first-order valence-corrected chi connectivity index (χ1v) is 19.5. The van der Waals surface area contributed by atoms with Crippen LogP contribution in [0.5, 0.6) is 0 Å². The minimum absolute atomic E-state index is 0.148. The lowest BCUT2D eigenvalue weighted by molar-refractivity contribution is 0.669. The lowest BCUT2D eigenvalue weighted by Crippen LogP contribution is -2.02. The molecule has 0 aliphatic carbocycles. The molecule has 9 aromatic carbocycles. The number of nitrogens with zero attached hydrogens (tertiary/aromatic N) is 3. The van der Waals surface area contributed by atoms with E-state index in [1.54, 1.807) is 0 Å². The van der Waals surface area contributed by atoms with Gasteiger partial charge in [0.05, 0.1) is 5.48 Å². The minimum atomic E-state index is -0.361. The van der Waals surface area contributed by atoms with Gasteiger partial charge in [0.25, 0.3) is 0 Å². The molecule has 0 fully saturated rings. The van der Waals surface area contributed by atoms with E-state index in [4.69, 9.17) is 23.5 Å². The Morgan fingerprint density at radius 1 is 0.339 bits per heavy atom. The number of aromatic nitrogens is 3. The predicted octanol–water partition coefficient (Wildman–Crippen LogP) is 14.6. The summed E-state index contributed by atoms with van der Waals surface area (Å²) in [6, 6.07) is 61.6. The van der Waals surface area contributed by atoms with Gasteiger partial charge in [0.1, 0.15) is 11.2 Å². The Kier molecular flexibility index (Phi) is 7.44. The molecule has 0 radical (unpaired) electrons. The number of rotatable bonds is 7. The van der Waals surface area contributed by atoms with E-state index in [0.717, 1.165) is 77.2 Å². The van der Waals surface area contributed by atoms with E-state index in [0.29, 0.717) is 22.8 Å². The van der Waals surface area contributed by atoms with E-state index in [9.17, 15) is 1.37 Å². The molecule has 59 heavy (non-hydrogen) atoms. The average molecular weight is 758 g/mol. The molecule has 0 N–H and O–H groups in total. The fraction of sp³-hybridized carbons (Fsp3) is 0. The van der Waals surface area contributed by atoms with Crippen molar-refractivity contribution in [3.63, 3.8) is 0 Å². The van der Waals surface area contributed by atoms with E-state index in [2.05, 4.69) is 60.7 Å². The summed E-state index contributed by atoms with van der Waals surface area (Å²) in [4.78, 5) is 15.2. The van der Waals surface area contributed by atoms with Gasteiger partial charge in [-0.05, 0) is 85.6 Å². The zero-order valence-corrected chi connectivity index (χ0v) is 31.6. The van der Waals surface area contributed by atoms with Gasteiger partial charge in [0, 0.05) is 27.5 Å². The van der Waals surface area contributed by atoms with Crippen LogP contribution in [-0.4, -0.2) is 15.0 Å². The number of fused-ring (bicyclic) bond motifs is 4. The Bertz CT molecular complexity index is 3570. The summed E-state index contributed by atoms with van der Waals surface area (Å²) in [5, 5.41) is 4.42. The van der Waals surface area contributed by atoms with Crippen molar-refractivity contribution in [2.24, 2.45) is 0 Å². The number of furan rings is 1. The fourth-order valence-corrected chi connectivity index (χ4v) is 8.03. The SMILES string of the molecule is [2H]c1c([2H])c([2H])c(-c2nc(-c3cccc(-c4ccc5cc(-c6cccc7oc8ccccc8c67)ccc5c4)c3)nc(-c3ccccc3-c3ccccc3)n2)c(-c2ccccc2)c1[2H]. The summed E-state index contributed by atoms with van der Waals surface area (Å²) in [5.74, 6) is 0.902. The zero-order chi connectivity index (χ0) is 42.6. The highest BCUT2D eigenvalue weighted by atomic mass is 16.3. The molecule has 0 amide bonds. The first-order valence-electron chi connectivity index (χ1n) is 21.5. The number of hydrogen-bond acceptors (Lipinski definition) is 4. The van der Waals surface area contributed by atoms with Crippen LogP contribution >= 0.6 is 0 Å². The summed E-state index contributed by atoms with van der Waals surface area (Å²) in [5.41, 5.74) is 10.5. The maximum atomic E-state index is 9.23. The molecule has 2 aromatic heterocycles. The Morgan fingerprint density at radius 2 is 0.864 bits per heavy atom. The van der Waals surface area contributed by atoms with E-state index < -0.39 is 0 Å². The highest BCUT2D eigenvalue weighted by Crippen LogP contribution is 2.39. The Balaban J connectivity index is 1.05. The van der Waals surface area contributed by atoms with Gasteiger partial charge < -0.3 is 4.42 Å². The van der Waals surface area contributed by atoms with Gasteiger partial charge in [-0.15, -0.1) is 0 Å². The second-order valence-corrected chi connectivity index (χ2v) is 14.5. The first-order chi connectivity index (χ1) is 30.9. The van der Waals surface area contributed by atoms with Crippen molar-refractivity contribution in [3.05, 3.63) is 212 Å². The fourth-order valence-electron chi connectivity index (χ4n) is 8.03. The normalized spacial score (nSPS) is 12.3. The molecule has 0 atom stereocenters. The Labute approximate surface area is 347 Å². The minimum Gasteiger partial charge on any atom is -0.456 e. The molecule has 0 aliphatic rings. The quantitative estimate of drug-likeness (QED) is 0.162. The average Bonchev–Trinajstić information content (AvgIpc) is 3.73. The molecule has 4 nitrogen and oxygen atoms in total. The number of hydrogen-bond donors (Lipinski definition) is 0. The second kappa shape index (κ2) is 14.5. The monoisotopic (exact) mass is 757 g/mol. The second-order valence-electron chi connectivity index (χ2n) is 14.5. The van der Waals surface area contributed by atoms with Gasteiger partial charge in [-0.3, -0.25) is 0 Å². The highest BCUT2D eigenvalue weighted by Gasteiger charge is 2.18. The van der Waals surface area contributed by atoms with Crippen LogP contribution in [0.3, 0.4) is 0 Å². The van der Waals surface area contributed by atoms with Crippen LogP contribution in [0.1, 0.15) is 5.48 Å². The lowest BCUT2D eigenvalue weighted by atomic mass is 9.95. The topological polar surface area (TPSA) is 51.8 Å². The van der Waals surface area contributed by atoms with Crippen LogP contribution in [0, 0.1) is 0 Å². The first kappa shape index (κ1) is 30.2. The third-order valence-electron chi connectivity index (χ3n) is 10.9. The maximum absolute atomic E-state index is 9.23. The van der Waals surface area contributed by atoms with Crippen LogP contribution in [-0.2, 0) is 0 Å². The van der Waals surface area contributed by atoms with Crippen molar-refractivity contribution >= 4 is 32.7 Å². The smallest absolute Gasteiger partial charge is 0.164 e. The van der Waals surface area contributed by atoms with E-state index in [1.165, 1.54) is 0 Å². The van der Waals surface area contributed by atoms with Crippen LogP contribution < -0.4 is 0 Å². The van der Waals surface area contributed by atoms with Crippen molar-refractivity contribution < 1.29 is 9.90 Å². The summed E-state index contributed by atoms with van der Waals surface area (Å²) < 4.78 is 41.8. The zero-order valence-electron chi connectivity index (χ0n) is 35.6. The molecule has 4 heteroatoms. The number of para-hydroxylation sites is 1. The van der Waals surface area contributed by atoms with Crippen LogP contribution in [0.25, 0.3) is 111 Å². The molecule has 0 bridgehead atoms. The van der Waals surface area contributed by atoms with Crippen LogP contribution in [0.4, 0.5) is 0 Å². The van der Waals surface area contributed by atoms with Crippen LogP contribution in [0.15, 0.2) is 217 Å². The highest BCUT2D eigenvalue weighted by molar-refractivity contribution is 6.13. The van der Waals surface area contributed by atoms with Crippen molar-refractivity contribution in [1.29, 1.82) is 0 Å². The van der Waals surface area contributed by atoms with E-state index in [-0.39, 0.29) is 35.6 Å². The summed E-state index contributed by atoms with van der Waals surface area (Å²) in [7, 11) is 0. The Hall–Kier alpha value is -7.95. The molecule has 11 rings (SSSR count). The Morgan fingerprint density at radius 3 is 1.66 bits per heavy atom. The molecule has 0 unspecified atom stereocenters. The third-order valence-corrected chi connectivity index (χ3v) is 10.9. The van der Waals surface area contributed by atoms with Crippen LogP contribution in [0.2, 0.25) is 0 Å². The molecular weight excluding hydrogens is 719 g/mol. The summed E-state index contributed by atoms with van der Waals surface area (Å²) >= 11 is 0. The van der Waals surface area contributed by atoms with E-state index >= 15 is 0 Å². The summed E-state index contributed by atoms with van der Waals surface area (Å²) in [6.45, 7) is 0. The lowest BCUT2D eigenvalue weighted by Gasteiger charge is -2.14. The van der Waals surface area contributed by atoms with Gasteiger partial charge in [-0.1, -0.05) is 182 Å². The largest absolute Gasteiger partial charge is 0.456 e. The van der Waals surface area contributed by atoms with Gasteiger partial charge >= 0.3 is 0 Å². The van der Waals surface area contributed by atoms with Gasteiger partial charge in [-0.25, -0.2) is 15.0 Å².